The van der Waals surface area contributed by atoms with Crippen LogP contribution in [0, 0.1) is 13.8 Å². The van der Waals surface area contributed by atoms with Crippen LogP contribution in [0.5, 0.6) is 0 Å². The standard InChI is InChI=1S/C17H20N2O3S/c1-12-4-6-16(7-5-12)23(21,22)11-14(3)19-17(20)15-8-13(2)9-18-10-15/h4-10,14H,11H2,1-3H3,(H,19,20)/t14-/m1/s1. The van der Waals surface area contributed by atoms with Gasteiger partial charge in [0.25, 0.3) is 5.91 Å². The van der Waals surface area contributed by atoms with Gasteiger partial charge in [-0.1, -0.05) is 17.7 Å². The van der Waals surface area contributed by atoms with Crippen LogP contribution in [0.1, 0.15) is 28.4 Å². The number of hydrogen-bond acceptors (Lipinski definition) is 4. The zero-order valence-electron chi connectivity index (χ0n) is 13.4. The summed E-state index contributed by atoms with van der Waals surface area (Å²) >= 11 is 0. The van der Waals surface area contributed by atoms with E-state index in [0.29, 0.717) is 5.56 Å². The van der Waals surface area contributed by atoms with E-state index in [2.05, 4.69) is 10.3 Å². The Kier molecular flexibility index (Phi) is 5.15. The zero-order valence-corrected chi connectivity index (χ0v) is 14.2. The predicted octanol–water partition coefficient (Wildman–Crippen LogP) is 2.29. The summed E-state index contributed by atoms with van der Waals surface area (Å²) in [7, 11) is -3.44. The molecule has 2 aromatic rings. The summed E-state index contributed by atoms with van der Waals surface area (Å²) in [5, 5.41) is 2.70. The van der Waals surface area contributed by atoms with Gasteiger partial charge in [-0.3, -0.25) is 9.78 Å². The molecule has 2 rings (SSSR count). The topological polar surface area (TPSA) is 76.1 Å². The van der Waals surface area contributed by atoms with Crippen molar-refractivity contribution in [1.82, 2.24) is 10.3 Å². The smallest absolute Gasteiger partial charge is 0.253 e. The van der Waals surface area contributed by atoms with Crippen molar-refractivity contribution >= 4 is 15.7 Å². The summed E-state index contributed by atoms with van der Waals surface area (Å²) in [5.41, 5.74) is 2.29. The van der Waals surface area contributed by atoms with Crippen LogP contribution in [0.25, 0.3) is 0 Å². The first-order chi connectivity index (χ1) is 10.8. The van der Waals surface area contributed by atoms with Gasteiger partial charge in [0, 0.05) is 18.4 Å². The highest BCUT2D eigenvalue weighted by Gasteiger charge is 2.20. The molecule has 1 N–H and O–H groups in total. The first kappa shape index (κ1) is 17.1. The van der Waals surface area contributed by atoms with E-state index in [1.54, 1.807) is 43.5 Å². The third-order valence-corrected chi connectivity index (χ3v) is 5.29. The predicted molar refractivity (Wildman–Crippen MR) is 89.1 cm³/mol. The molecule has 6 heteroatoms. The summed E-state index contributed by atoms with van der Waals surface area (Å²) in [6.45, 7) is 5.41. The number of pyridine rings is 1. The fourth-order valence-electron chi connectivity index (χ4n) is 2.20. The molecule has 5 nitrogen and oxygen atoms in total. The Hall–Kier alpha value is -2.21. The van der Waals surface area contributed by atoms with Crippen LogP contribution in [0.3, 0.4) is 0 Å². The van der Waals surface area contributed by atoms with Gasteiger partial charge in [0.15, 0.2) is 9.84 Å². The molecular formula is C17H20N2O3S. The van der Waals surface area contributed by atoms with E-state index in [1.165, 1.54) is 6.20 Å². The van der Waals surface area contributed by atoms with Crippen molar-refractivity contribution in [2.75, 3.05) is 5.75 Å². The minimum atomic E-state index is -3.44. The van der Waals surface area contributed by atoms with Gasteiger partial charge in [-0.05, 0) is 44.5 Å². The number of amides is 1. The molecule has 0 unspecified atom stereocenters. The molecule has 1 atom stereocenters. The van der Waals surface area contributed by atoms with Gasteiger partial charge in [0.1, 0.15) is 0 Å². The second kappa shape index (κ2) is 6.91. The molecule has 0 saturated carbocycles. The van der Waals surface area contributed by atoms with Crippen molar-refractivity contribution < 1.29 is 13.2 Å². The number of aryl methyl sites for hydroxylation is 2. The fourth-order valence-corrected chi connectivity index (χ4v) is 3.68. The Morgan fingerprint density at radius 1 is 1.13 bits per heavy atom. The zero-order chi connectivity index (χ0) is 17.0. The van der Waals surface area contributed by atoms with Crippen molar-refractivity contribution in [2.45, 2.75) is 31.7 Å². The number of carbonyl (C=O) groups is 1. The van der Waals surface area contributed by atoms with Crippen LogP contribution in [0.4, 0.5) is 0 Å². The molecule has 0 radical (unpaired) electrons. The van der Waals surface area contributed by atoms with E-state index in [0.717, 1.165) is 11.1 Å². The van der Waals surface area contributed by atoms with Crippen molar-refractivity contribution in [3.05, 3.63) is 59.4 Å². The van der Waals surface area contributed by atoms with Crippen LogP contribution in [-0.4, -0.2) is 31.1 Å². The highest BCUT2D eigenvalue weighted by atomic mass is 32.2. The van der Waals surface area contributed by atoms with E-state index in [1.807, 2.05) is 13.8 Å². The molecular weight excluding hydrogens is 312 g/mol. The Labute approximate surface area is 136 Å². The number of carbonyl (C=O) groups excluding carboxylic acids is 1. The number of rotatable bonds is 5. The van der Waals surface area contributed by atoms with Gasteiger partial charge < -0.3 is 5.32 Å². The van der Waals surface area contributed by atoms with E-state index in [4.69, 9.17) is 0 Å². The molecule has 1 amide bonds. The largest absolute Gasteiger partial charge is 0.349 e. The van der Waals surface area contributed by atoms with Gasteiger partial charge in [-0.2, -0.15) is 0 Å². The van der Waals surface area contributed by atoms with Crippen molar-refractivity contribution in [3.8, 4) is 0 Å². The summed E-state index contributed by atoms with van der Waals surface area (Å²) in [4.78, 5) is 16.4. The Morgan fingerprint density at radius 3 is 2.39 bits per heavy atom. The summed E-state index contributed by atoms with van der Waals surface area (Å²) in [5.74, 6) is -0.478. The number of sulfone groups is 1. The molecule has 0 spiro atoms. The molecule has 0 aliphatic rings. The van der Waals surface area contributed by atoms with Gasteiger partial charge in [0.2, 0.25) is 0 Å². The highest BCUT2D eigenvalue weighted by Crippen LogP contribution is 2.13. The summed E-state index contributed by atoms with van der Waals surface area (Å²) in [6, 6.07) is 7.90. The lowest BCUT2D eigenvalue weighted by Gasteiger charge is -2.14. The van der Waals surface area contributed by atoms with Crippen LogP contribution in [-0.2, 0) is 9.84 Å². The fraction of sp³-hybridized carbons (Fsp3) is 0.294. The maximum atomic E-state index is 12.4. The van der Waals surface area contributed by atoms with E-state index in [-0.39, 0.29) is 16.6 Å². The third kappa shape index (κ3) is 4.63. The minimum absolute atomic E-state index is 0.152. The molecule has 1 heterocycles. The van der Waals surface area contributed by atoms with Crippen LogP contribution in [0.2, 0.25) is 0 Å². The number of nitrogens with zero attached hydrogens (tertiary/aromatic N) is 1. The average molecular weight is 332 g/mol. The first-order valence-corrected chi connectivity index (χ1v) is 8.95. The normalized spacial score (nSPS) is 12.7. The second-order valence-electron chi connectivity index (χ2n) is 5.72. The molecule has 0 fully saturated rings. The lowest BCUT2D eigenvalue weighted by molar-refractivity contribution is 0.0943. The van der Waals surface area contributed by atoms with Gasteiger partial charge in [-0.25, -0.2) is 8.42 Å². The van der Waals surface area contributed by atoms with Gasteiger partial charge >= 0.3 is 0 Å². The van der Waals surface area contributed by atoms with Crippen molar-refractivity contribution in [1.29, 1.82) is 0 Å². The van der Waals surface area contributed by atoms with Crippen molar-refractivity contribution in [2.24, 2.45) is 0 Å². The molecule has 0 bridgehead atoms. The Morgan fingerprint density at radius 2 is 1.78 bits per heavy atom. The molecule has 0 aliphatic heterocycles. The quantitative estimate of drug-likeness (QED) is 0.911. The number of hydrogen-bond donors (Lipinski definition) is 1. The number of aromatic nitrogens is 1. The maximum Gasteiger partial charge on any atom is 0.253 e. The van der Waals surface area contributed by atoms with Crippen LogP contribution in [0.15, 0.2) is 47.6 Å². The average Bonchev–Trinajstić information content (AvgIpc) is 2.47. The Balaban J connectivity index is 2.05. The molecule has 1 aromatic carbocycles. The molecule has 1 aromatic heterocycles. The first-order valence-electron chi connectivity index (χ1n) is 7.30. The number of nitrogens with one attached hydrogen (secondary N) is 1. The van der Waals surface area contributed by atoms with Crippen LogP contribution >= 0.6 is 0 Å². The van der Waals surface area contributed by atoms with Crippen LogP contribution < -0.4 is 5.32 Å². The van der Waals surface area contributed by atoms with Gasteiger partial charge in [-0.15, -0.1) is 0 Å². The third-order valence-electron chi connectivity index (χ3n) is 3.36. The highest BCUT2D eigenvalue weighted by molar-refractivity contribution is 7.91. The SMILES string of the molecule is Cc1ccc(S(=O)(=O)C[C@@H](C)NC(=O)c2cncc(C)c2)cc1. The van der Waals surface area contributed by atoms with E-state index >= 15 is 0 Å². The summed E-state index contributed by atoms with van der Waals surface area (Å²) in [6.07, 6.45) is 3.12. The van der Waals surface area contributed by atoms with Crippen molar-refractivity contribution in [3.63, 3.8) is 0 Å². The molecule has 0 saturated heterocycles. The van der Waals surface area contributed by atoms with E-state index in [9.17, 15) is 13.2 Å². The summed E-state index contributed by atoms with van der Waals surface area (Å²) < 4.78 is 24.7. The minimum Gasteiger partial charge on any atom is -0.349 e. The second-order valence-corrected chi connectivity index (χ2v) is 7.75. The maximum absolute atomic E-state index is 12.4. The van der Waals surface area contributed by atoms with E-state index < -0.39 is 15.9 Å². The lowest BCUT2D eigenvalue weighted by atomic mass is 10.2. The van der Waals surface area contributed by atoms with Gasteiger partial charge in [0.05, 0.1) is 16.2 Å². The Bertz CT molecular complexity index is 799. The molecule has 23 heavy (non-hydrogen) atoms. The number of benzene rings is 1. The monoisotopic (exact) mass is 332 g/mol. The molecule has 122 valence electrons. The lowest BCUT2D eigenvalue weighted by Crippen LogP contribution is -2.37. The molecule has 0 aliphatic carbocycles.